The number of benzene rings is 2. The molecule has 0 N–H and O–H groups in total. The molecule has 26 heavy (non-hydrogen) atoms. The summed E-state index contributed by atoms with van der Waals surface area (Å²) in [4.78, 5) is 16.6. The summed E-state index contributed by atoms with van der Waals surface area (Å²) in [5.74, 6) is -0.797. The summed E-state index contributed by atoms with van der Waals surface area (Å²) in [6, 6.07) is 10.6. The van der Waals surface area contributed by atoms with Crippen LogP contribution in [-0.4, -0.2) is 25.9 Å². The third-order valence-electron chi connectivity index (χ3n) is 3.46. The van der Waals surface area contributed by atoms with E-state index < -0.39 is 21.1 Å². The molecule has 0 saturated carbocycles. The Kier molecular flexibility index (Phi) is 7.06. The van der Waals surface area contributed by atoms with Crippen molar-refractivity contribution in [2.45, 2.75) is 23.5 Å². The lowest BCUT2D eigenvalue weighted by Crippen LogP contribution is -2.22. The Labute approximate surface area is 166 Å². The molecule has 0 amide bonds. The molecule has 0 spiro atoms. The second-order valence-corrected chi connectivity index (χ2v) is 8.96. The van der Waals surface area contributed by atoms with Crippen molar-refractivity contribution in [3.8, 4) is 0 Å². The topological polar surface area (TPSA) is 72.8 Å². The van der Waals surface area contributed by atoms with Gasteiger partial charge >= 0.3 is 5.97 Å². The highest BCUT2D eigenvalue weighted by Gasteiger charge is 2.26. The number of hydrogen-bond acceptors (Lipinski definition) is 5. The molecule has 0 aromatic heterocycles. The zero-order valence-corrected chi connectivity index (χ0v) is 16.6. The predicted octanol–water partition coefficient (Wildman–Crippen LogP) is 4.78. The summed E-state index contributed by atoms with van der Waals surface area (Å²) in [5, 5.41) is 3.64. The minimum absolute atomic E-state index is 0.0774. The molecule has 2 aromatic rings. The van der Waals surface area contributed by atoms with E-state index >= 15 is 0 Å². The molecule has 5 nitrogen and oxygen atoms in total. The normalized spacial score (nSPS) is 12.9. The lowest BCUT2D eigenvalue weighted by atomic mass is 10.2. The summed E-state index contributed by atoms with van der Waals surface area (Å²) in [5.41, 5.74) is 0.394. The van der Waals surface area contributed by atoms with Crippen LogP contribution in [0.25, 0.3) is 0 Å². The third kappa shape index (κ3) is 5.20. The highest BCUT2D eigenvalue weighted by molar-refractivity contribution is 7.92. The van der Waals surface area contributed by atoms with E-state index in [1.54, 1.807) is 18.2 Å². The maximum Gasteiger partial charge on any atom is 0.336 e. The van der Waals surface area contributed by atoms with Crippen LogP contribution in [0.4, 0.5) is 0 Å². The summed E-state index contributed by atoms with van der Waals surface area (Å²) in [6.45, 7) is 1.42. The predicted molar refractivity (Wildman–Crippen MR) is 103 cm³/mol. The van der Waals surface area contributed by atoms with E-state index in [1.165, 1.54) is 37.4 Å². The van der Waals surface area contributed by atoms with Crippen LogP contribution < -0.4 is 0 Å². The lowest BCUT2D eigenvalue weighted by molar-refractivity contribution is -0.143. The summed E-state index contributed by atoms with van der Waals surface area (Å²) < 4.78 is 24.9. The zero-order chi connectivity index (χ0) is 19.3. The first kappa shape index (κ1) is 20.7. The van der Waals surface area contributed by atoms with Crippen LogP contribution in [-0.2, 0) is 19.5 Å². The van der Waals surface area contributed by atoms with E-state index in [1.807, 2.05) is 0 Å². The van der Waals surface area contributed by atoms with Crippen molar-refractivity contribution >= 4 is 56.8 Å². The lowest BCUT2D eigenvalue weighted by Gasteiger charge is -2.11. The van der Waals surface area contributed by atoms with Crippen molar-refractivity contribution in [2.24, 2.45) is 5.16 Å². The van der Waals surface area contributed by atoms with Crippen LogP contribution in [0.2, 0.25) is 15.1 Å². The van der Waals surface area contributed by atoms with Gasteiger partial charge in [-0.3, -0.25) is 0 Å². The molecule has 0 bridgehead atoms. The van der Waals surface area contributed by atoms with Gasteiger partial charge < -0.3 is 4.84 Å². The fraction of sp³-hybridized carbons (Fsp3) is 0.176. The van der Waals surface area contributed by atoms with Crippen molar-refractivity contribution in [1.29, 1.82) is 0 Å². The van der Waals surface area contributed by atoms with Gasteiger partial charge in [-0.15, -0.1) is 0 Å². The minimum Gasteiger partial charge on any atom is -0.318 e. The second-order valence-electron chi connectivity index (χ2n) is 5.35. The third-order valence-corrected chi connectivity index (χ3v) is 6.53. The molecule has 1 atom stereocenters. The highest BCUT2D eigenvalue weighted by Crippen LogP contribution is 2.23. The first-order valence-corrected chi connectivity index (χ1v) is 10.1. The van der Waals surface area contributed by atoms with Crippen molar-refractivity contribution < 1.29 is 18.0 Å². The molecule has 0 heterocycles. The average molecular weight is 435 g/mol. The number of halogens is 3. The van der Waals surface area contributed by atoms with Crippen LogP contribution in [0.1, 0.15) is 18.9 Å². The first-order chi connectivity index (χ1) is 12.2. The largest absolute Gasteiger partial charge is 0.336 e. The fourth-order valence-corrected chi connectivity index (χ4v) is 3.97. The summed E-state index contributed by atoms with van der Waals surface area (Å²) in [7, 11) is -3.70. The van der Waals surface area contributed by atoms with Gasteiger partial charge in [0.25, 0.3) is 0 Å². The minimum atomic E-state index is -3.70. The molecule has 0 fully saturated rings. The maximum absolute atomic E-state index is 12.4. The second kappa shape index (κ2) is 8.86. The van der Waals surface area contributed by atoms with Gasteiger partial charge in [-0.25, -0.2) is 13.2 Å². The Morgan fingerprint density at radius 2 is 1.69 bits per heavy atom. The SMILES string of the molecule is CC(CC(=O)O/N=C/c1c(Cl)cccc1Cl)S(=O)(=O)c1ccc(Cl)cc1. The number of nitrogens with zero attached hydrogens (tertiary/aromatic N) is 1. The van der Waals surface area contributed by atoms with Crippen molar-refractivity contribution in [3.63, 3.8) is 0 Å². The van der Waals surface area contributed by atoms with E-state index in [9.17, 15) is 13.2 Å². The fourth-order valence-electron chi connectivity index (χ4n) is 2.01. The van der Waals surface area contributed by atoms with E-state index in [4.69, 9.17) is 39.6 Å². The van der Waals surface area contributed by atoms with Gasteiger partial charge in [-0.2, -0.15) is 0 Å². The van der Waals surface area contributed by atoms with Gasteiger partial charge in [-0.1, -0.05) is 46.0 Å². The Morgan fingerprint density at radius 1 is 1.12 bits per heavy atom. The Morgan fingerprint density at radius 3 is 2.27 bits per heavy atom. The summed E-state index contributed by atoms with van der Waals surface area (Å²) >= 11 is 17.7. The number of sulfone groups is 1. The van der Waals surface area contributed by atoms with Crippen LogP contribution in [0.5, 0.6) is 0 Å². The average Bonchev–Trinajstić information content (AvgIpc) is 2.58. The van der Waals surface area contributed by atoms with E-state index in [0.717, 1.165) is 0 Å². The van der Waals surface area contributed by atoms with Crippen molar-refractivity contribution in [3.05, 3.63) is 63.1 Å². The van der Waals surface area contributed by atoms with Gasteiger partial charge in [0.1, 0.15) is 0 Å². The molecule has 0 aliphatic heterocycles. The zero-order valence-electron chi connectivity index (χ0n) is 13.5. The molecular formula is C17H14Cl3NO4S. The Bertz CT molecular complexity index is 907. The van der Waals surface area contributed by atoms with Gasteiger partial charge in [0.2, 0.25) is 0 Å². The molecular weight excluding hydrogens is 421 g/mol. The van der Waals surface area contributed by atoms with Crippen molar-refractivity contribution in [1.82, 2.24) is 0 Å². The van der Waals surface area contributed by atoms with Crippen LogP contribution in [0.15, 0.2) is 52.5 Å². The van der Waals surface area contributed by atoms with Gasteiger partial charge in [0, 0.05) is 10.6 Å². The molecule has 0 radical (unpaired) electrons. The monoisotopic (exact) mass is 433 g/mol. The molecule has 2 rings (SSSR count). The number of rotatable bonds is 6. The standard InChI is InChI=1S/C17H14Cl3NO4S/c1-11(26(23,24)13-7-5-12(18)6-8-13)9-17(22)25-21-10-14-15(19)3-2-4-16(14)20/h2-8,10-11H,9H2,1H3/b21-10+. The number of carbonyl (C=O) groups excluding carboxylic acids is 1. The van der Waals surface area contributed by atoms with E-state index in [0.29, 0.717) is 20.6 Å². The molecule has 1 unspecified atom stereocenters. The number of oxime groups is 1. The Hall–Kier alpha value is -1.60. The first-order valence-electron chi connectivity index (χ1n) is 7.38. The molecule has 138 valence electrons. The molecule has 0 aliphatic rings. The van der Waals surface area contributed by atoms with Gasteiger partial charge in [-0.05, 0) is 43.3 Å². The summed E-state index contributed by atoms with van der Waals surface area (Å²) in [6.07, 6.45) is 0.833. The maximum atomic E-state index is 12.4. The quantitative estimate of drug-likeness (QED) is 0.373. The van der Waals surface area contributed by atoms with Crippen LogP contribution in [0.3, 0.4) is 0 Å². The highest BCUT2D eigenvalue weighted by atomic mass is 35.5. The molecule has 0 aliphatic carbocycles. The van der Waals surface area contributed by atoms with E-state index in [-0.39, 0.29) is 11.3 Å². The Balaban J connectivity index is 2.01. The molecule has 0 saturated heterocycles. The molecule has 2 aromatic carbocycles. The van der Waals surface area contributed by atoms with Crippen molar-refractivity contribution in [2.75, 3.05) is 0 Å². The van der Waals surface area contributed by atoms with Gasteiger partial charge in [0.15, 0.2) is 9.84 Å². The smallest absolute Gasteiger partial charge is 0.318 e. The molecule has 9 heteroatoms. The number of hydrogen-bond donors (Lipinski definition) is 0. The number of carbonyl (C=O) groups is 1. The van der Waals surface area contributed by atoms with Gasteiger partial charge in [0.05, 0.1) is 32.8 Å². The van der Waals surface area contributed by atoms with Crippen LogP contribution >= 0.6 is 34.8 Å². The van der Waals surface area contributed by atoms with E-state index in [2.05, 4.69) is 5.16 Å². The van der Waals surface area contributed by atoms with Crippen LogP contribution in [0, 0.1) is 0 Å².